The molecule has 1 aromatic heterocycles. The number of nitrogens with zero attached hydrogens (tertiary/aromatic N) is 3. The van der Waals surface area contributed by atoms with Crippen LogP contribution in [0.5, 0.6) is 0 Å². The van der Waals surface area contributed by atoms with E-state index in [9.17, 15) is 13.2 Å². The minimum absolute atomic E-state index is 0.0331. The van der Waals surface area contributed by atoms with Gasteiger partial charge in [0, 0.05) is 18.7 Å². The molecule has 1 unspecified atom stereocenters. The molecule has 1 aromatic carbocycles. The van der Waals surface area contributed by atoms with E-state index >= 15 is 0 Å². The molecule has 1 amide bonds. The van der Waals surface area contributed by atoms with E-state index in [1.165, 1.54) is 12.1 Å². The molecule has 1 heterocycles. The minimum Gasteiger partial charge on any atom is -0.334 e. The van der Waals surface area contributed by atoms with Gasteiger partial charge in [-0.2, -0.15) is 5.10 Å². The topological polar surface area (TPSA) is 98.3 Å². The Hall–Kier alpha value is -2.19. The van der Waals surface area contributed by atoms with Gasteiger partial charge >= 0.3 is 0 Å². The van der Waals surface area contributed by atoms with E-state index in [4.69, 9.17) is 5.14 Å². The summed E-state index contributed by atoms with van der Waals surface area (Å²) in [4.78, 5) is 14.7. The Bertz CT molecular complexity index is 1000. The van der Waals surface area contributed by atoms with E-state index in [0.717, 1.165) is 18.5 Å². The first-order chi connectivity index (χ1) is 12.9. The van der Waals surface area contributed by atoms with E-state index in [1.54, 1.807) is 24.1 Å². The van der Waals surface area contributed by atoms with Crippen molar-refractivity contribution in [3.05, 3.63) is 47.3 Å². The smallest absolute Gasteiger partial charge is 0.274 e. The average Bonchev–Trinajstić information content (AvgIpc) is 3.36. The highest BCUT2D eigenvalue weighted by molar-refractivity contribution is 7.89. The molecular weight excluding hydrogens is 376 g/mol. The van der Waals surface area contributed by atoms with E-state index in [1.807, 2.05) is 17.7 Å². The van der Waals surface area contributed by atoms with Crippen molar-refractivity contribution in [3.8, 4) is 0 Å². The van der Waals surface area contributed by atoms with Gasteiger partial charge in [0.05, 0.1) is 16.5 Å². The molecule has 1 fully saturated rings. The van der Waals surface area contributed by atoms with Gasteiger partial charge in [0.15, 0.2) is 5.69 Å². The van der Waals surface area contributed by atoms with Crippen LogP contribution < -0.4 is 5.14 Å². The lowest BCUT2D eigenvalue weighted by Crippen LogP contribution is -2.31. The van der Waals surface area contributed by atoms with Crippen LogP contribution in [0.15, 0.2) is 35.2 Å². The molecule has 28 heavy (non-hydrogen) atoms. The SMILES string of the molecule is CC(c1cccc(S(N)(=O)=O)c1)N(C)C(=O)c1cc(C2CC2)n(C(C)(C)C)n1. The highest BCUT2D eigenvalue weighted by Gasteiger charge is 2.33. The molecule has 152 valence electrons. The fraction of sp³-hybridized carbons (Fsp3) is 0.500. The molecule has 0 aliphatic heterocycles. The number of amides is 1. The Kier molecular flexibility index (Phi) is 5.14. The molecule has 1 aliphatic rings. The van der Waals surface area contributed by atoms with Crippen molar-refractivity contribution < 1.29 is 13.2 Å². The Balaban J connectivity index is 1.89. The number of nitrogens with two attached hydrogens (primary N) is 1. The van der Waals surface area contributed by atoms with Gasteiger partial charge in [-0.25, -0.2) is 13.6 Å². The second-order valence-corrected chi connectivity index (χ2v) is 10.1. The van der Waals surface area contributed by atoms with E-state index in [2.05, 4.69) is 25.9 Å². The summed E-state index contributed by atoms with van der Waals surface area (Å²) in [6, 6.07) is 7.93. The van der Waals surface area contributed by atoms with E-state index in [0.29, 0.717) is 17.2 Å². The fourth-order valence-electron chi connectivity index (χ4n) is 3.24. The van der Waals surface area contributed by atoms with Gasteiger partial charge in [0.2, 0.25) is 10.0 Å². The summed E-state index contributed by atoms with van der Waals surface area (Å²) in [7, 11) is -2.10. The van der Waals surface area contributed by atoms with Crippen LogP contribution in [0, 0.1) is 0 Å². The van der Waals surface area contributed by atoms with Gasteiger partial charge in [-0.15, -0.1) is 0 Å². The molecule has 2 aromatic rings. The van der Waals surface area contributed by atoms with Crippen molar-refractivity contribution in [3.63, 3.8) is 0 Å². The van der Waals surface area contributed by atoms with Crippen LogP contribution in [0.1, 0.15) is 74.2 Å². The van der Waals surface area contributed by atoms with Crippen molar-refractivity contribution in [2.45, 2.75) is 62.9 Å². The number of carbonyl (C=O) groups excluding carboxylic acids is 1. The second-order valence-electron chi connectivity index (χ2n) is 8.52. The van der Waals surface area contributed by atoms with Gasteiger partial charge in [-0.3, -0.25) is 9.48 Å². The highest BCUT2D eigenvalue weighted by Crippen LogP contribution is 2.42. The van der Waals surface area contributed by atoms with Crippen molar-refractivity contribution in [2.75, 3.05) is 7.05 Å². The molecule has 1 atom stereocenters. The number of hydrogen-bond acceptors (Lipinski definition) is 4. The van der Waals surface area contributed by atoms with Crippen molar-refractivity contribution >= 4 is 15.9 Å². The maximum Gasteiger partial charge on any atom is 0.274 e. The summed E-state index contributed by atoms with van der Waals surface area (Å²) in [5, 5.41) is 9.83. The molecular formula is C20H28N4O3S. The standard InChI is InChI=1S/C20H28N4O3S/c1-13(15-7-6-8-16(11-15)28(21,26)27)23(5)19(25)17-12-18(14-9-10-14)24(22-17)20(2,3)4/h6-8,11-14H,9-10H2,1-5H3,(H2,21,26,27). The third-order valence-corrected chi connectivity index (χ3v) is 6.07. The first-order valence-electron chi connectivity index (χ1n) is 9.40. The van der Waals surface area contributed by atoms with E-state index in [-0.39, 0.29) is 22.4 Å². The normalized spacial score (nSPS) is 16.1. The largest absolute Gasteiger partial charge is 0.334 e. The molecule has 0 saturated heterocycles. The monoisotopic (exact) mass is 404 g/mol. The zero-order valence-electron chi connectivity index (χ0n) is 17.0. The summed E-state index contributed by atoms with van der Waals surface area (Å²) >= 11 is 0. The molecule has 0 bridgehead atoms. The minimum atomic E-state index is -3.80. The molecule has 1 saturated carbocycles. The average molecular weight is 405 g/mol. The zero-order valence-corrected chi connectivity index (χ0v) is 17.8. The quantitative estimate of drug-likeness (QED) is 0.828. The maximum atomic E-state index is 13.1. The molecule has 0 radical (unpaired) electrons. The number of hydrogen-bond donors (Lipinski definition) is 1. The number of rotatable bonds is 5. The number of primary sulfonamides is 1. The molecule has 7 nitrogen and oxygen atoms in total. The van der Waals surface area contributed by atoms with Crippen LogP contribution in [0.3, 0.4) is 0 Å². The third kappa shape index (κ3) is 4.12. The second kappa shape index (κ2) is 7.00. The molecule has 2 N–H and O–H groups in total. The lowest BCUT2D eigenvalue weighted by atomic mass is 10.1. The maximum absolute atomic E-state index is 13.1. The lowest BCUT2D eigenvalue weighted by Gasteiger charge is -2.25. The predicted molar refractivity (Wildman–Crippen MR) is 108 cm³/mol. The number of sulfonamides is 1. The van der Waals surface area contributed by atoms with Gasteiger partial charge in [0.1, 0.15) is 0 Å². The molecule has 3 rings (SSSR count). The predicted octanol–water partition coefficient (Wildman–Crippen LogP) is 3.00. The third-order valence-electron chi connectivity index (χ3n) is 5.16. The summed E-state index contributed by atoms with van der Waals surface area (Å²) < 4.78 is 25.2. The van der Waals surface area contributed by atoms with Crippen molar-refractivity contribution in [2.24, 2.45) is 5.14 Å². The Labute approximate surface area is 166 Å². The van der Waals surface area contributed by atoms with Crippen LogP contribution in [-0.4, -0.2) is 36.1 Å². The van der Waals surface area contributed by atoms with Crippen molar-refractivity contribution in [1.82, 2.24) is 14.7 Å². The van der Waals surface area contributed by atoms with Crippen LogP contribution in [0.25, 0.3) is 0 Å². The van der Waals surface area contributed by atoms with Crippen LogP contribution in [-0.2, 0) is 15.6 Å². The number of aromatic nitrogens is 2. The number of benzene rings is 1. The van der Waals surface area contributed by atoms with Gasteiger partial charge < -0.3 is 4.90 Å². The van der Waals surface area contributed by atoms with Gasteiger partial charge in [0.25, 0.3) is 5.91 Å². The first kappa shape index (κ1) is 20.5. The van der Waals surface area contributed by atoms with Crippen LogP contribution >= 0.6 is 0 Å². The van der Waals surface area contributed by atoms with Crippen LogP contribution in [0.2, 0.25) is 0 Å². The summed E-state index contributed by atoms with van der Waals surface area (Å²) in [6.45, 7) is 8.07. The highest BCUT2D eigenvalue weighted by atomic mass is 32.2. The van der Waals surface area contributed by atoms with Gasteiger partial charge in [-0.05, 0) is 64.3 Å². The Morgan fingerprint density at radius 1 is 1.29 bits per heavy atom. The summed E-state index contributed by atoms with van der Waals surface area (Å²) in [5.74, 6) is 0.279. The van der Waals surface area contributed by atoms with E-state index < -0.39 is 10.0 Å². The Morgan fingerprint density at radius 3 is 2.46 bits per heavy atom. The summed E-state index contributed by atoms with van der Waals surface area (Å²) in [5.41, 5.74) is 2.01. The number of carbonyl (C=O) groups is 1. The lowest BCUT2D eigenvalue weighted by molar-refractivity contribution is 0.0735. The van der Waals surface area contributed by atoms with Gasteiger partial charge in [-0.1, -0.05) is 12.1 Å². The zero-order chi connectivity index (χ0) is 20.9. The summed E-state index contributed by atoms with van der Waals surface area (Å²) in [6.07, 6.45) is 2.25. The Morgan fingerprint density at radius 2 is 1.93 bits per heavy atom. The molecule has 8 heteroatoms. The fourth-order valence-corrected chi connectivity index (χ4v) is 3.81. The van der Waals surface area contributed by atoms with Crippen LogP contribution in [0.4, 0.5) is 0 Å². The van der Waals surface area contributed by atoms with Crippen molar-refractivity contribution in [1.29, 1.82) is 0 Å². The molecule has 1 aliphatic carbocycles. The first-order valence-corrected chi connectivity index (χ1v) is 10.9. The molecule has 0 spiro atoms.